The van der Waals surface area contributed by atoms with Crippen molar-refractivity contribution in [3.05, 3.63) is 59.1 Å². The number of rotatable bonds is 4. The van der Waals surface area contributed by atoms with Gasteiger partial charge in [-0.2, -0.15) is 0 Å². The summed E-state index contributed by atoms with van der Waals surface area (Å²) in [5.41, 5.74) is 0.952. The first-order valence-corrected chi connectivity index (χ1v) is 9.96. The molecule has 24 heavy (non-hydrogen) atoms. The molecule has 2 aromatic carbocycles. The van der Waals surface area contributed by atoms with Gasteiger partial charge in [0, 0.05) is 17.0 Å². The molecule has 0 atom stereocenters. The molecule has 0 bridgehead atoms. The van der Waals surface area contributed by atoms with E-state index in [1.165, 1.54) is 12.1 Å². The summed E-state index contributed by atoms with van der Waals surface area (Å²) >= 11 is 6.07. The van der Waals surface area contributed by atoms with Gasteiger partial charge in [0.1, 0.15) is 0 Å². The molecule has 1 saturated carbocycles. The lowest BCUT2D eigenvalue weighted by atomic mass is 9.64. The summed E-state index contributed by atoms with van der Waals surface area (Å²) < 4.78 is 23.0. The number of halogens is 1. The lowest BCUT2D eigenvalue weighted by Gasteiger charge is -2.40. The monoisotopic (exact) mass is 363 g/mol. The summed E-state index contributed by atoms with van der Waals surface area (Å²) in [6, 6.07) is 13.6. The van der Waals surface area contributed by atoms with Gasteiger partial charge in [0.2, 0.25) is 5.91 Å². The van der Waals surface area contributed by atoms with Crippen LogP contribution < -0.4 is 5.32 Å². The van der Waals surface area contributed by atoms with Crippen LogP contribution in [0, 0.1) is 0 Å². The lowest BCUT2D eigenvalue weighted by molar-refractivity contribution is -0.124. The Hall–Kier alpha value is -1.85. The van der Waals surface area contributed by atoms with Gasteiger partial charge in [-0.25, -0.2) is 8.42 Å². The number of sulfone groups is 1. The molecule has 0 aromatic heterocycles. The van der Waals surface area contributed by atoms with Crippen LogP contribution in [0.4, 0.5) is 5.69 Å². The van der Waals surface area contributed by atoms with Crippen LogP contribution in [0.5, 0.6) is 0 Å². The number of hydrogen-bond donors (Lipinski definition) is 1. The van der Waals surface area contributed by atoms with Crippen LogP contribution in [0.3, 0.4) is 0 Å². The average molecular weight is 364 g/mol. The van der Waals surface area contributed by atoms with E-state index in [1.807, 2.05) is 18.2 Å². The zero-order valence-corrected chi connectivity index (χ0v) is 14.8. The molecular weight excluding hydrogens is 346 g/mol. The molecule has 0 spiro atoms. The average Bonchev–Trinajstić information content (AvgIpc) is 2.46. The molecule has 0 aliphatic heterocycles. The Labute approximate surface area is 146 Å². The van der Waals surface area contributed by atoms with E-state index in [2.05, 4.69) is 5.32 Å². The lowest BCUT2D eigenvalue weighted by Crippen LogP contribution is -2.46. The molecule has 4 nitrogen and oxygen atoms in total. The number of benzene rings is 2. The Morgan fingerprint density at radius 2 is 1.79 bits per heavy atom. The predicted octanol–water partition coefficient (Wildman–Crippen LogP) is 3.80. The first-order valence-electron chi connectivity index (χ1n) is 7.69. The number of carbonyl (C=O) groups is 1. The molecule has 1 aliphatic rings. The number of hydrogen-bond acceptors (Lipinski definition) is 3. The molecule has 0 radical (unpaired) electrons. The second kappa shape index (κ2) is 6.22. The van der Waals surface area contributed by atoms with Crippen LogP contribution in [0.15, 0.2) is 53.4 Å². The van der Waals surface area contributed by atoms with Crippen LogP contribution in [0.2, 0.25) is 5.02 Å². The fourth-order valence-electron chi connectivity index (χ4n) is 3.00. The second-order valence-corrected chi connectivity index (χ2v) is 8.65. The van der Waals surface area contributed by atoms with Gasteiger partial charge in [0.25, 0.3) is 0 Å². The van der Waals surface area contributed by atoms with Gasteiger partial charge in [-0.15, -0.1) is 0 Å². The number of amides is 1. The van der Waals surface area contributed by atoms with Crippen molar-refractivity contribution >= 4 is 33.0 Å². The standard InChI is InChI=1S/C18H18ClNO3S/c1-24(22,23)16-8-6-15(7-9-16)20-17(21)18(10-3-11-18)13-4-2-5-14(19)12-13/h2,4-9,12H,3,10-11H2,1H3,(H,20,21). The maximum Gasteiger partial charge on any atom is 0.235 e. The number of carbonyl (C=O) groups excluding carboxylic acids is 1. The SMILES string of the molecule is CS(=O)(=O)c1ccc(NC(=O)C2(c3cccc(Cl)c3)CCC2)cc1. The minimum Gasteiger partial charge on any atom is -0.325 e. The van der Waals surface area contributed by atoms with Crippen molar-refractivity contribution in [3.8, 4) is 0 Å². The zero-order valence-electron chi connectivity index (χ0n) is 13.3. The van der Waals surface area contributed by atoms with Gasteiger partial charge in [-0.3, -0.25) is 4.79 Å². The van der Waals surface area contributed by atoms with Crippen LogP contribution in [0.1, 0.15) is 24.8 Å². The van der Waals surface area contributed by atoms with E-state index in [4.69, 9.17) is 11.6 Å². The summed E-state index contributed by atoms with van der Waals surface area (Å²) in [6.45, 7) is 0. The first-order chi connectivity index (χ1) is 11.3. The predicted molar refractivity (Wildman–Crippen MR) is 95.2 cm³/mol. The quantitative estimate of drug-likeness (QED) is 0.898. The smallest absolute Gasteiger partial charge is 0.235 e. The highest BCUT2D eigenvalue weighted by atomic mass is 35.5. The molecular formula is C18H18ClNO3S. The van der Waals surface area contributed by atoms with Crippen molar-refractivity contribution in [1.82, 2.24) is 0 Å². The topological polar surface area (TPSA) is 63.2 Å². The number of nitrogens with one attached hydrogen (secondary N) is 1. The van der Waals surface area contributed by atoms with Crippen molar-refractivity contribution in [3.63, 3.8) is 0 Å². The minimum absolute atomic E-state index is 0.0804. The van der Waals surface area contributed by atoms with Crippen molar-refractivity contribution in [1.29, 1.82) is 0 Å². The van der Waals surface area contributed by atoms with Crippen LogP contribution in [-0.4, -0.2) is 20.6 Å². The Bertz CT molecular complexity index is 871. The number of anilines is 1. The highest BCUT2D eigenvalue weighted by Gasteiger charge is 2.45. The largest absolute Gasteiger partial charge is 0.325 e. The van der Waals surface area contributed by atoms with Gasteiger partial charge in [-0.05, 0) is 54.8 Å². The highest BCUT2D eigenvalue weighted by Crippen LogP contribution is 2.45. The Balaban J connectivity index is 1.83. The molecule has 2 aromatic rings. The first kappa shape index (κ1) is 17.0. The van der Waals surface area contributed by atoms with Crippen LogP contribution in [-0.2, 0) is 20.0 Å². The molecule has 126 valence electrons. The van der Waals surface area contributed by atoms with E-state index in [-0.39, 0.29) is 10.8 Å². The molecule has 1 amide bonds. The van der Waals surface area contributed by atoms with Gasteiger partial charge in [-0.1, -0.05) is 30.2 Å². The van der Waals surface area contributed by atoms with Gasteiger partial charge in [0.05, 0.1) is 10.3 Å². The Morgan fingerprint density at radius 3 is 2.29 bits per heavy atom. The van der Waals surface area contributed by atoms with E-state index < -0.39 is 15.3 Å². The van der Waals surface area contributed by atoms with Crippen molar-refractivity contribution in [2.24, 2.45) is 0 Å². The van der Waals surface area contributed by atoms with Crippen molar-refractivity contribution in [2.75, 3.05) is 11.6 Å². The van der Waals surface area contributed by atoms with E-state index in [0.29, 0.717) is 10.7 Å². The third-order valence-electron chi connectivity index (χ3n) is 4.56. The van der Waals surface area contributed by atoms with E-state index >= 15 is 0 Å². The Kier molecular flexibility index (Phi) is 4.40. The maximum absolute atomic E-state index is 12.8. The molecule has 1 N–H and O–H groups in total. The molecule has 0 saturated heterocycles. The van der Waals surface area contributed by atoms with Crippen molar-refractivity contribution in [2.45, 2.75) is 29.6 Å². The highest BCUT2D eigenvalue weighted by molar-refractivity contribution is 7.90. The summed E-state index contributed by atoms with van der Waals surface area (Å²) in [7, 11) is -3.25. The van der Waals surface area contributed by atoms with Gasteiger partial charge >= 0.3 is 0 Å². The van der Waals surface area contributed by atoms with E-state index in [0.717, 1.165) is 31.1 Å². The molecule has 0 unspecified atom stereocenters. The van der Waals surface area contributed by atoms with Gasteiger partial charge in [0.15, 0.2) is 9.84 Å². The normalized spacial score (nSPS) is 16.2. The summed E-state index contributed by atoms with van der Waals surface area (Å²) in [4.78, 5) is 13.1. The van der Waals surface area contributed by atoms with Crippen molar-refractivity contribution < 1.29 is 13.2 Å². The molecule has 6 heteroatoms. The molecule has 1 aliphatic carbocycles. The second-order valence-electron chi connectivity index (χ2n) is 6.20. The van der Waals surface area contributed by atoms with Crippen LogP contribution in [0.25, 0.3) is 0 Å². The zero-order chi connectivity index (χ0) is 17.4. The summed E-state index contributed by atoms with van der Waals surface area (Å²) in [5.74, 6) is -0.0804. The third-order valence-corrected chi connectivity index (χ3v) is 5.92. The fraction of sp³-hybridized carbons (Fsp3) is 0.278. The fourth-order valence-corrected chi connectivity index (χ4v) is 3.82. The maximum atomic E-state index is 12.8. The molecule has 3 rings (SSSR count). The molecule has 1 fully saturated rings. The third kappa shape index (κ3) is 3.19. The summed E-state index contributed by atoms with van der Waals surface area (Å²) in [6.07, 6.45) is 3.71. The Morgan fingerprint density at radius 1 is 1.12 bits per heavy atom. The van der Waals surface area contributed by atoms with E-state index in [1.54, 1.807) is 18.2 Å². The minimum atomic E-state index is -3.25. The van der Waals surface area contributed by atoms with Crippen LogP contribution >= 0.6 is 11.6 Å². The van der Waals surface area contributed by atoms with E-state index in [9.17, 15) is 13.2 Å². The molecule has 0 heterocycles. The summed E-state index contributed by atoms with van der Waals surface area (Å²) in [5, 5.41) is 3.52. The van der Waals surface area contributed by atoms with Gasteiger partial charge < -0.3 is 5.32 Å².